The van der Waals surface area contributed by atoms with Crippen molar-refractivity contribution in [2.45, 2.75) is 20.3 Å². The van der Waals surface area contributed by atoms with Gasteiger partial charge in [-0.05, 0) is 19.4 Å². The smallest absolute Gasteiger partial charge is 0.331 e. The molecule has 0 unspecified atom stereocenters. The summed E-state index contributed by atoms with van der Waals surface area (Å²) in [5.74, 6) is -0.331. The van der Waals surface area contributed by atoms with Crippen LogP contribution in [0.15, 0.2) is 30.4 Å². The third kappa shape index (κ3) is 3.28. The van der Waals surface area contributed by atoms with Crippen LogP contribution in [-0.4, -0.2) is 32.7 Å². The van der Waals surface area contributed by atoms with E-state index < -0.39 is 5.97 Å². The van der Waals surface area contributed by atoms with Crippen LogP contribution in [0.5, 0.6) is 5.75 Å². The SMILES string of the molecule is CCC(=Cc1cc(OC)c(-n2cnc(C)c2)cn1)C(=O)O. The average molecular weight is 287 g/mol. The molecule has 0 spiro atoms. The van der Waals surface area contributed by atoms with E-state index in [-0.39, 0.29) is 0 Å². The van der Waals surface area contributed by atoms with Crippen LogP contribution in [0.1, 0.15) is 24.7 Å². The molecule has 0 fully saturated rings. The zero-order chi connectivity index (χ0) is 15.4. The number of hydrogen-bond donors (Lipinski definition) is 1. The number of ether oxygens (including phenoxy) is 1. The van der Waals surface area contributed by atoms with Gasteiger partial charge in [0.05, 0.1) is 31.0 Å². The summed E-state index contributed by atoms with van der Waals surface area (Å²) in [4.78, 5) is 19.5. The number of carbonyl (C=O) groups is 1. The highest BCUT2D eigenvalue weighted by Crippen LogP contribution is 2.24. The summed E-state index contributed by atoms with van der Waals surface area (Å²) in [7, 11) is 1.56. The molecule has 0 saturated carbocycles. The minimum absolute atomic E-state index is 0.302. The van der Waals surface area contributed by atoms with Gasteiger partial charge >= 0.3 is 5.97 Å². The molecular formula is C15H17N3O3. The predicted octanol–water partition coefficient (Wildman–Crippen LogP) is 2.46. The molecule has 0 atom stereocenters. The Labute approximate surface area is 122 Å². The second-order valence-corrected chi connectivity index (χ2v) is 4.53. The first-order chi connectivity index (χ1) is 10.0. The lowest BCUT2D eigenvalue weighted by Gasteiger charge is -2.09. The van der Waals surface area contributed by atoms with Gasteiger partial charge in [0.1, 0.15) is 11.4 Å². The predicted molar refractivity (Wildman–Crippen MR) is 78.6 cm³/mol. The van der Waals surface area contributed by atoms with Crippen LogP contribution in [0.3, 0.4) is 0 Å². The van der Waals surface area contributed by atoms with Gasteiger partial charge in [-0.2, -0.15) is 0 Å². The van der Waals surface area contributed by atoms with E-state index in [1.807, 2.05) is 17.7 Å². The number of imidazole rings is 1. The first kappa shape index (κ1) is 14.8. The van der Waals surface area contributed by atoms with Crippen molar-refractivity contribution in [3.8, 4) is 11.4 Å². The van der Waals surface area contributed by atoms with Gasteiger partial charge < -0.3 is 14.4 Å². The monoisotopic (exact) mass is 287 g/mol. The van der Waals surface area contributed by atoms with E-state index in [4.69, 9.17) is 9.84 Å². The number of carboxylic acid groups (broad SMARTS) is 1. The quantitative estimate of drug-likeness (QED) is 0.855. The van der Waals surface area contributed by atoms with Crippen molar-refractivity contribution in [3.05, 3.63) is 41.7 Å². The first-order valence-corrected chi connectivity index (χ1v) is 6.54. The molecule has 2 aromatic rings. The van der Waals surface area contributed by atoms with Gasteiger partial charge in [-0.15, -0.1) is 0 Å². The third-order valence-electron chi connectivity index (χ3n) is 3.05. The van der Waals surface area contributed by atoms with Crippen LogP contribution >= 0.6 is 0 Å². The van der Waals surface area contributed by atoms with E-state index in [2.05, 4.69) is 9.97 Å². The summed E-state index contributed by atoms with van der Waals surface area (Å²) >= 11 is 0. The van der Waals surface area contributed by atoms with Gasteiger partial charge in [0.25, 0.3) is 0 Å². The fraction of sp³-hybridized carbons (Fsp3) is 0.267. The summed E-state index contributed by atoms with van der Waals surface area (Å²) in [6, 6.07) is 1.71. The fourth-order valence-corrected chi connectivity index (χ4v) is 1.93. The summed E-state index contributed by atoms with van der Waals surface area (Å²) in [6.45, 7) is 3.69. The van der Waals surface area contributed by atoms with Crippen LogP contribution in [0, 0.1) is 6.92 Å². The topological polar surface area (TPSA) is 77.2 Å². The highest BCUT2D eigenvalue weighted by atomic mass is 16.5. The Bertz CT molecular complexity index is 689. The van der Waals surface area contributed by atoms with E-state index in [9.17, 15) is 4.79 Å². The summed E-state index contributed by atoms with van der Waals surface area (Å²) in [5.41, 5.74) is 2.49. The Morgan fingerprint density at radius 1 is 1.48 bits per heavy atom. The number of nitrogens with zero attached hydrogens (tertiary/aromatic N) is 3. The van der Waals surface area contributed by atoms with Crippen LogP contribution in [0.25, 0.3) is 11.8 Å². The van der Waals surface area contributed by atoms with Gasteiger partial charge in [-0.3, -0.25) is 4.98 Å². The molecule has 0 aromatic carbocycles. The van der Waals surface area contributed by atoms with Gasteiger partial charge in [-0.1, -0.05) is 6.92 Å². The molecule has 0 saturated heterocycles. The molecule has 110 valence electrons. The summed E-state index contributed by atoms with van der Waals surface area (Å²) in [5, 5.41) is 9.06. The third-order valence-corrected chi connectivity index (χ3v) is 3.05. The molecule has 0 aliphatic heterocycles. The van der Waals surface area contributed by atoms with Gasteiger partial charge in [-0.25, -0.2) is 9.78 Å². The van der Waals surface area contributed by atoms with Crippen molar-refractivity contribution in [1.82, 2.24) is 14.5 Å². The van der Waals surface area contributed by atoms with Crippen molar-refractivity contribution in [3.63, 3.8) is 0 Å². The number of hydrogen-bond acceptors (Lipinski definition) is 4. The standard InChI is InChI=1S/C15H17N3O3/c1-4-11(15(19)20)5-12-6-14(21-3)13(7-16-12)18-8-10(2)17-9-18/h5-9H,4H2,1-3H3,(H,19,20). The normalized spacial score (nSPS) is 11.5. The number of aromatic nitrogens is 3. The number of methoxy groups -OCH3 is 1. The lowest BCUT2D eigenvalue weighted by molar-refractivity contribution is -0.132. The lowest BCUT2D eigenvalue weighted by Crippen LogP contribution is -2.01. The molecule has 0 aliphatic rings. The Morgan fingerprint density at radius 2 is 2.24 bits per heavy atom. The molecule has 6 heteroatoms. The maximum Gasteiger partial charge on any atom is 0.331 e. The van der Waals surface area contributed by atoms with Crippen molar-refractivity contribution >= 4 is 12.0 Å². The Hall–Kier alpha value is -2.63. The minimum atomic E-state index is -0.937. The number of rotatable bonds is 5. The van der Waals surface area contributed by atoms with Gasteiger partial charge in [0.15, 0.2) is 0 Å². The molecule has 21 heavy (non-hydrogen) atoms. The van der Waals surface area contributed by atoms with E-state index in [1.54, 1.807) is 38.7 Å². The zero-order valence-electron chi connectivity index (χ0n) is 12.2. The molecule has 2 rings (SSSR count). The average Bonchev–Trinajstić information content (AvgIpc) is 2.90. The number of aliphatic carboxylic acids is 1. The maximum atomic E-state index is 11.0. The van der Waals surface area contributed by atoms with Gasteiger partial charge in [0.2, 0.25) is 0 Å². The molecule has 0 aliphatic carbocycles. The van der Waals surface area contributed by atoms with E-state index in [0.717, 1.165) is 11.4 Å². The molecule has 1 N–H and O–H groups in total. The first-order valence-electron chi connectivity index (χ1n) is 6.54. The Kier molecular flexibility index (Phi) is 4.37. The maximum absolute atomic E-state index is 11.0. The molecule has 0 amide bonds. The number of aryl methyl sites for hydroxylation is 1. The summed E-state index contributed by atoms with van der Waals surface area (Å²) < 4.78 is 7.17. The van der Waals surface area contributed by atoms with E-state index in [0.29, 0.717) is 23.4 Å². The molecule has 6 nitrogen and oxygen atoms in total. The lowest BCUT2D eigenvalue weighted by atomic mass is 10.1. The van der Waals surface area contributed by atoms with Crippen LogP contribution in [-0.2, 0) is 4.79 Å². The highest BCUT2D eigenvalue weighted by Gasteiger charge is 2.10. The van der Waals surface area contributed by atoms with Crippen LogP contribution < -0.4 is 4.74 Å². The highest BCUT2D eigenvalue weighted by molar-refractivity contribution is 5.91. The molecular weight excluding hydrogens is 270 g/mol. The second-order valence-electron chi connectivity index (χ2n) is 4.53. The van der Waals surface area contributed by atoms with Crippen LogP contribution in [0.4, 0.5) is 0 Å². The summed E-state index contributed by atoms with van der Waals surface area (Å²) in [6.07, 6.45) is 7.17. The Balaban J connectivity index is 2.43. The van der Waals surface area contributed by atoms with Crippen molar-refractivity contribution in [1.29, 1.82) is 0 Å². The van der Waals surface area contributed by atoms with Crippen molar-refractivity contribution in [2.24, 2.45) is 0 Å². The number of pyridine rings is 1. The molecule has 2 aromatic heterocycles. The van der Waals surface area contributed by atoms with Crippen molar-refractivity contribution < 1.29 is 14.6 Å². The Morgan fingerprint density at radius 3 is 2.76 bits per heavy atom. The second kappa shape index (κ2) is 6.21. The minimum Gasteiger partial charge on any atom is -0.494 e. The largest absolute Gasteiger partial charge is 0.494 e. The van der Waals surface area contributed by atoms with E-state index in [1.165, 1.54) is 0 Å². The van der Waals surface area contributed by atoms with Gasteiger partial charge in [0, 0.05) is 17.8 Å². The van der Waals surface area contributed by atoms with Crippen LogP contribution in [0.2, 0.25) is 0 Å². The number of carboxylic acids is 1. The molecule has 0 bridgehead atoms. The zero-order valence-corrected chi connectivity index (χ0v) is 12.2. The molecule has 0 radical (unpaired) electrons. The fourth-order valence-electron chi connectivity index (χ4n) is 1.93. The van der Waals surface area contributed by atoms with E-state index >= 15 is 0 Å². The van der Waals surface area contributed by atoms with Crippen molar-refractivity contribution in [2.75, 3.05) is 7.11 Å². The molecule has 2 heterocycles.